The number of nitrogens with one attached hydrogen (secondary N) is 3. The lowest BCUT2D eigenvalue weighted by Gasteiger charge is -2.25. The molecule has 0 aliphatic carbocycles. The molecule has 0 fully saturated rings. The number of benzene rings is 1. The van der Waals surface area contributed by atoms with Crippen molar-refractivity contribution in [2.24, 2.45) is 11.8 Å². The first-order valence-electron chi connectivity index (χ1n) is 10.4. The molecule has 1 rings (SSSR count). The molecular formula is C22H31N5O5. The zero-order valence-electron chi connectivity index (χ0n) is 18.8. The highest BCUT2D eigenvalue weighted by atomic mass is 16.5. The third-order valence-electron chi connectivity index (χ3n) is 4.41. The molecule has 0 aliphatic heterocycles. The third kappa shape index (κ3) is 9.99. The molecule has 0 saturated heterocycles. The van der Waals surface area contributed by atoms with E-state index in [9.17, 15) is 19.2 Å². The van der Waals surface area contributed by atoms with Crippen molar-refractivity contribution in [1.29, 1.82) is 0 Å². The molecule has 0 radical (unpaired) electrons. The molecule has 3 amide bonds. The molecule has 0 saturated carbocycles. The van der Waals surface area contributed by atoms with Gasteiger partial charge in [-0.2, -0.15) is 4.79 Å². The van der Waals surface area contributed by atoms with Crippen LogP contribution < -0.4 is 16.0 Å². The van der Waals surface area contributed by atoms with Crippen LogP contribution in [0.5, 0.6) is 0 Å². The maximum Gasteiger partial charge on any atom is 0.408 e. The van der Waals surface area contributed by atoms with E-state index >= 15 is 0 Å². The molecule has 32 heavy (non-hydrogen) atoms. The van der Waals surface area contributed by atoms with E-state index in [-0.39, 0.29) is 25.0 Å². The van der Waals surface area contributed by atoms with Crippen LogP contribution in [-0.2, 0) is 25.7 Å². The number of carbonyl (C=O) groups is 4. The SMILES string of the molecule is CC(C)C[C@H](NC(=O)OCc1ccccc1)C(=O)N[C@H](C(=O)NCC(=O)C=[N+]=[N-])C(C)C. The first-order valence-corrected chi connectivity index (χ1v) is 10.4. The maximum absolute atomic E-state index is 12.9. The molecule has 10 nitrogen and oxygen atoms in total. The second-order valence-electron chi connectivity index (χ2n) is 8.05. The predicted molar refractivity (Wildman–Crippen MR) is 117 cm³/mol. The van der Waals surface area contributed by atoms with Crippen LogP contribution in [0.2, 0.25) is 0 Å². The summed E-state index contributed by atoms with van der Waals surface area (Å²) in [6.07, 6.45) is 0.269. The Morgan fingerprint density at radius 2 is 1.69 bits per heavy atom. The van der Waals surface area contributed by atoms with Gasteiger partial charge in [0.15, 0.2) is 0 Å². The molecule has 2 atom stereocenters. The van der Waals surface area contributed by atoms with Crippen molar-refractivity contribution < 1.29 is 28.7 Å². The van der Waals surface area contributed by atoms with E-state index in [0.29, 0.717) is 12.6 Å². The summed E-state index contributed by atoms with van der Waals surface area (Å²) in [5.74, 6) is -1.90. The quantitative estimate of drug-likeness (QED) is 0.253. The third-order valence-corrected chi connectivity index (χ3v) is 4.41. The Labute approximate surface area is 187 Å². The normalized spacial score (nSPS) is 12.3. The van der Waals surface area contributed by atoms with Gasteiger partial charge in [0.1, 0.15) is 18.7 Å². The van der Waals surface area contributed by atoms with Crippen LogP contribution in [0.1, 0.15) is 39.7 Å². The van der Waals surface area contributed by atoms with E-state index in [1.54, 1.807) is 13.8 Å². The van der Waals surface area contributed by atoms with Gasteiger partial charge in [-0.25, -0.2) is 4.79 Å². The average Bonchev–Trinajstić information content (AvgIpc) is 2.74. The number of Topliss-reactive ketones (excluding diaryl/α,β-unsaturated/α-hetero) is 1. The number of ether oxygens (including phenoxy) is 1. The molecule has 10 heteroatoms. The fraction of sp³-hybridized carbons (Fsp3) is 0.500. The van der Waals surface area contributed by atoms with Crippen LogP contribution in [0.3, 0.4) is 0 Å². The highest BCUT2D eigenvalue weighted by Crippen LogP contribution is 2.09. The monoisotopic (exact) mass is 445 g/mol. The average molecular weight is 446 g/mol. The number of amides is 3. The number of hydrogen-bond donors (Lipinski definition) is 3. The molecule has 0 aliphatic rings. The van der Waals surface area contributed by atoms with Gasteiger partial charge in [-0.3, -0.25) is 14.4 Å². The van der Waals surface area contributed by atoms with Crippen LogP contribution >= 0.6 is 0 Å². The molecule has 174 valence electrons. The molecular weight excluding hydrogens is 414 g/mol. The first kappa shape index (κ1) is 26.5. The lowest BCUT2D eigenvalue weighted by atomic mass is 10.00. The van der Waals surface area contributed by atoms with Gasteiger partial charge in [0, 0.05) is 0 Å². The Morgan fingerprint density at radius 3 is 2.25 bits per heavy atom. The highest BCUT2D eigenvalue weighted by Gasteiger charge is 2.29. The highest BCUT2D eigenvalue weighted by molar-refractivity contribution is 6.26. The van der Waals surface area contributed by atoms with Crippen LogP contribution in [0.4, 0.5) is 4.79 Å². The minimum absolute atomic E-state index is 0.0604. The minimum atomic E-state index is -0.932. The van der Waals surface area contributed by atoms with Crippen LogP contribution in [-0.4, -0.2) is 53.3 Å². The Bertz CT molecular complexity index is 834. The molecule has 0 aromatic heterocycles. The topological polar surface area (TPSA) is 150 Å². The minimum Gasteiger partial charge on any atom is -0.445 e. The number of hydrogen-bond acceptors (Lipinski definition) is 5. The van der Waals surface area contributed by atoms with Gasteiger partial charge in [-0.1, -0.05) is 58.0 Å². The Morgan fingerprint density at radius 1 is 1.03 bits per heavy atom. The molecule has 0 heterocycles. The molecule has 0 unspecified atom stereocenters. The fourth-order valence-corrected chi connectivity index (χ4v) is 2.79. The van der Waals surface area contributed by atoms with Gasteiger partial charge in [-0.05, 0) is 23.8 Å². The second kappa shape index (κ2) is 13.7. The summed E-state index contributed by atoms with van der Waals surface area (Å²) < 4.78 is 5.20. The number of rotatable bonds is 12. The maximum atomic E-state index is 12.9. The van der Waals surface area contributed by atoms with Crippen LogP contribution in [0.15, 0.2) is 30.3 Å². The standard InChI is InChI=1S/C22H31N5O5/c1-14(2)10-18(26-22(31)32-13-16-8-6-5-7-9-16)20(29)27-19(15(3)4)21(30)24-11-17(28)12-25-23/h5-9,12,14-15,18-19H,10-11,13H2,1-4H3,(H,24,30)(H,26,31)(H,27,29)/t18-,19-/m0/s1. The Hall–Kier alpha value is -3.52. The van der Waals surface area contributed by atoms with Gasteiger partial charge in [-0.15, -0.1) is 0 Å². The smallest absolute Gasteiger partial charge is 0.408 e. The summed E-state index contributed by atoms with van der Waals surface area (Å²) in [5.41, 5.74) is 9.17. The van der Waals surface area contributed by atoms with Crippen molar-refractivity contribution in [2.45, 2.75) is 52.8 Å². The largest absolute Gasteiger partial charge is 0.445 e. The van der Waals surface area contributed by atoms with Gasteiger partial charge in [0.05, 0.1) is 6.54 Å². The van der Waals surface area contributed by atoms with Gasteiger partial charge < -0.3 is 26.2 Å². The van der Waals surface area contributed by atoms with E-state index in [0.717, 1.165) is 5.56 Å². The van der Waals surface area contributed by atoms with Crippen molar-refractivity contribution >= 4 is 29.9 Å². The zero-order valence-corrected chi connectivity index (χ0v) is 18.8. The molecule has 1 aromatic rings. The van der Waals surface area contributed by atoms with Crippen molar-refractivity contribution in [2.75, 3.05) is 6.54 Å². The molecule has 0 spiro atoms. The van der Waals surface area contributed by atoms with Crippen molar-refractivity contribution in [3.63, 3.8) is 0 Å². The summed E-state index contributed by atoms with van der Waals surface area (Å²) in [5, 5.41) is 7.60. The summed E-state index contributed by atoms with van der Waals surface area (Å²) in [7, 11) is 0. The summed E-state index contributed by atoms with van der Waals surface area (Å²) in [4.78, 5) is 51.6. The van der Waals surface area contributed by atoms with E-state index in [1.165, 1.54) is 0 Å². The van der Waals surface area contributed by atoms with Crippen molar-refractivity contribution in [1.82, 2.24) is 16.0 Å². The lowest BCUT2D eigenvalue weighted by Crippen LogP contribution is -2.56. The van der Waals surface area contributed by atoms with Gasteiger partial charge in [0.25, 0.3) is 5.78 Å². The van der Waals surface area contributed by atoms with Crippen LogP contribution in [0, 0.1) is 11.8 Å². The van der Waals surface area contributed by atoms with E-state index in [4.69, 9.17) is 10.3 Å². The van der Waals surface area contributed by atoms with E-state index in [1.807, 2.05) is 44.2 Å². The van der Waals surface area contributed by atoms with Crippen molar-refractivity contribution in [3.05, 3.63) is 41.4 Å². The predicted octanol–water partition coefficient (Wildman–Crippen LogP) is 1.45. The molecule has 3 N–H and O–H groups in total. The summed E-state index contributed by atoms with van der Waals surface area (Å²) in [6.45, 7) is 6.96. The van der Waals surface area contributed by atoms with E-state index < -0.39 is 35.8 Å². The summed E-state index contributed by atoms with van der Waals surface area (Å²) >= 11 is 0. The van der Waals surface area contributed by atoms with Gasteiger partial charge >= 0.3 is 12.3 Å². The number of carbonyl (C=O) groups excluding carboxylic acids is 4. The van der Waals surface area contributed by atoms with Crippen LogP contribution in [0.25, 0.3) is 5.53 Å². The van der Waals surface area contributed by atoms with Gasteiger partial charge in [0.2, 0.25) is 11.8 Å². The lowest BCUT2D eigenvalue weighted by molar-refractivity contribution is -0.131. The number of alkyl carbamates (subject to hydrolysis) is 1. The van der Waals surface area contributed by atoms with Crippen molar-refractivity contribution in [3.8, 4) is 0 Å². The molecule has 0 bridgehead atoms. The Kier molecular flexibility index (Phi) is 11.4. The number of ketones is 1. The van der Waals surface area contributed by atoms with E-state index in [2.05, 4.69) is 20.7 Å². The Balaban J connectivity index is 2.75. The zero-order chi connectivity index (χ0) is 24.1. The number of nitrogens with zero attached hydrogens (tertiary/aromatic N) is 2. The molecule has 1 aromatic carbocycles. The first-order chi connectivity index (χ1) is 15.1. The second-order valence-corrected chi connectivity index (χ2v) is 8.05. The summed E-state index contributed by atoms with van der Waals surface area (Å²) in [6, 6.07) is 7.29. The fourth-order valence-electron chi connectivity index (χ4n) is 2.79.